The Hall–Kier alpha value is -1.21. The van der Waals surface area contributed by atoms with E-state index in [1.54, 1.807) is 29.5 Å². The van der Waals surface area contributed by atoms with Crippen LogP contribution in [0, 0.1) is 0 Å². The highest BCUT2D eigenvalue weighted by Crippen LogP contribution is 2.15. The van der Waals surface area contributed by atoms with Crippen molar-refractivity contribution < 1.29 is 13.5 Å². The lowest BCUT2D eigenvalue weighted by Crippen LogP contribution is -2.26. The van der Waals surface area contributed by atoms with E-state index in [0.717, 1.165) is 5.56 Å². The fourth-order valence-corrected chi connectivity index (χ4v) is 3.70. The SMILES string of the molecule is O=S(=O)(NCCc1ccsc1)c1ccccc1CO. The molecule has 19 heavy (non-hydrogen) atoms. The Morgan fingerprint density at radius 1 is 1.21 bits per heavy atom. The van der Waals surface area contributed by atoms with Crippen molar-refractivity contribution in [3.05, 3.63) is 52.2 Å². The molecule has 1 aromatic carbocycles. The van der Waals surface area contributed by atoms with Crippen LogP contribution in [-0.2, 0) is 23.1 Å². The minimum atomic E-state index is -3.56. The van der Waals surface area contributed by atoms with Gasteiger partial charge < -0.3 is 5.11 Å². The normalized spacial score (nSPS) is 11.6. The molecule has 0 aliphatic heterocycles. The molecule has 0 saturated heterocycles. The summed E-state index contributed by atoms with van der Waals surface area (Å²) in [6, 6.07) is 8.43. The zero-order valence-corrected chi connectivity index (χ0v) is 11.9. The van der Waals surface area contributed by atoms with Crippen LogP contribution in [0.3, 0.4) is 0 Å². The molecule has 0 unspecified atom stereocenters. The Morgan fingerprint density at radius 3 is 2.68 bits per heavy atom. The van der Waals surface area contributed by atoms with Crippen molar-refractivity contribution >= 4 is 21.4 Å². The highest BCUT2D eigenvalue weighted by molar-refractivity contribution is 7.89. The maximum atomic E-state index is 12.1. The summed E-state index contributed by atoms with van der Waals surface area (Å²) in [5.41, 5.74) is 1.52. The fourth-order valence-electron chi connectivity index (χ4n) is 1.74. The van der Waals surface area contributed by atoms with Crippen LogP contribution >= 0.6 is 11.3 Å². The first-order valence-corrected chi connectivity index (χ1v) is 8.25. The minimum absolute atomic E-state index is 0.141. The Kier molecular flexibility index (Phi) is 4.71. The van der Waals surface area contributed by atoms with Crippen LogP contribution in [0.25, 0.3) is 0 Å². The fraction of sp³-hybridized carbons (Fsp3) is 0.231. The van der Waals surface area contributed by atoms with Crippen molar-refractivity contribution in [2.75, 3.05) is 6.54 Å². The van der Waals surface area contributed by atoms with Gasteiger partial charge in [-0.3, -0.25) is 0 Å². The maximum Gasteiger partial charge on any atom is 0.240 e. The highest BCUT2D eigenvalue weighted by Gasteiger charge is 2.16. The molecule has 0 saturated carbocycles. The van der Waals surface area contributed by atoms with Gasteiger partial charge in [0.15, 0.2) is 0 Å². The van der Waals surface area contributed by atoms with Gasteiger partial charge in [0.1, 0.15) is 0 Å². The van der Waals surface area contributed by atoms with Gasteiger partial charge in [-0.25, -0.2) is 13.1 Å². The van der Waals surface area contributed by atoms with E-state index >= 15 is 0 Å². The van der Waals surface area contributed by atoms with E-state index in [0.29, 0.717) is 18.5 Å². The van der Waals surface area contributed by atoms with Gasteiger partial charge in [-0.2, -0.15) is 11.3 Å². The molecule has 2 rings (SSSR count). The summed E-state index contributed by atoms with van der Waals surface area (Å²) in [6.07, 6.45) is 0.657. The molecular weight excluding hydrogens is 282 g/mol. The molecule has 0 spiro atoms. The smallest absolute Gasteiger partial charge is 0.240 e. The molecule has 4 nitrogen and oxygen atoms in total. The van der Waals surface area contributed by atoms with E-state index in [1.807, 2.05) is 16.8 Å². The number of aliphatic hydroxyl groups excluding tert-OH is 1. The number of nitrogens with one attached hydrogen (secondary N) is 1. The van der Waals surface area contributed by atoms with Crippen molar-refractivity contribution in [1.82, 2.24) is 4.72 Å². The van der Waals surface area contributed by atoms with Gasteiger partial charge in [0.05, 0.1) is 11.5 Å². The molecule has 0 radical (unpaired) electrons. The summed E-state index contributed by atoms with van der Waals surface area (Å²) in [6.45, 7) is 0.0560. The van der Waals surface area contributed by atoms with E-state index in [-0.39, 0.29) is 11.5 Å². The molecule has 0 aliphatic carbocycles. The molecule has 0 fully saturated rings. The number of hydrogen-bond donors (Lipinski definition) is 2. The molecule has 2 N–H and O–H groups in total. The zero-order chi connectivity index (χ0) is 13.7. The molecule has 0 aliphatic rings. The van der Waals surface area contributed by atoms with Crippen molar-refractivity contribution in [2.45, 2.75) is 17.9 Å². The molecule has 2 aromatic rings. The van der Waals surface area contributed by atoms with E-state index in [2.05, 4.69) is 4.72 Å². The van der Waals surface area contributed by atoms with Crippen LogP contribution in [0.4, 0.5) is 0 Å². The van der Waals surface area contributed by atoms with Crippen molar-refractivity contribution in [3.63, 3.8) is 0 Å². The van der Waals surface area contributed by atoms with E-state index in [4.69, 9.17) is 5.11 Å². The highest BCUT2D eigenvalue weighted by atomic mass is 32.2. The predicted molar refractivity (Wildman–Crippen MR) is 75.6 cm³/mol. The second kappa shape index (κ2) is 6.29. The lowest BCUT2D eigenvalue weighted by molar-refractivity contribution is 0.278. The van der Waals surface area contributed by atoms with Gasteiger partial charge in [0, 0.05) is 6.54 Å². The topological polar surface area (TPSA) is 66.4 Å². The minimum Gasteiger partial charge on any atom is -0.392 e. The number of rotatable bonds is 6. The summed E-state index contributed by atoms with van der Waals surface area (Å²) in [5, 5.41) is 13.1. The predicted octanol–water partition coefficient (Wildman–Crippen LogP) is 1.76. The first kappa shape index (κ1) is 14.2. The Morgan fingerprint density at radius 2 is 2.00 bits per heavy atom. The van der Waals surface area contributed by atoms with Crippen molar-refractivity contribution in [1.29, 1.82) is 0 Å². The zero-order valence-electron chi connectivity index (χ0n) is 10.2. The monoisotopic (exact) mass is 297 g/mol. The third-order valence-corrected chi connectivity index (χ3v) is 5.01. The number of aliphatic hydroxyl groups is 1. The Labute approximate surface area is 116 Å². The molecule has 102 valence electrons. The third kappa shape index (κ3) is 3.63. The van der Waals surface area contributed by atoms with Crippen LogP contribution < -0.4 is 4.72 Å². The average Bonchev–Trinajstić information content (AvgIpc) is 2.91. The second-order valence-electron chi connectivity index (χ2n) is 4.05. The van der Waals surface area contributed by atoms with Gasteiger partial charge in [-0.15, -0.1) is 0 Å². The summed E-state index contributed by atoms with van der Waals surface area (Å²) >= 11 is 1.59. The molecule has 6 heteroatoms. The quantitative estimate of drug-likeness (QED) is 0.854. The van der Waals surface area contributed by atoms with Crippen molar-refractivity contribution in [3.8, 4) is 0 Å². The van der Waals surface area contributed by atoms with E-state index in [9.17, 15) is 8.42 Å². The average molecular weight is 297 g/mol. The van der Waals surface area contributed by atoms with Crippen LogP contribution in [-0.4, -0.2) is 20.1 Å². The summed E-state index contributed by atoms with van der Waals surface area (Å²) in [4.78, 5) is 0.141. The Bertz CT molecular complexity index is 621. The lowest BCUT2D eigenvalue weighted by atomic mass is 10.2. The van der Waals surface area contributed by atoms with Gasteiger partial charge in [0.25, 0.3) is 0 Å². The number of benzene rings is 1. The molecule has 0 amide bonds. The largest absolute Gasteiger partial charge is 0.392 e. The Balaban J connectivity index is 2.05. The lowest BCUT2D eigenvalue weighted by Gasteiger charge is -2.09. The van der Waals surface area contributed by atoms with Crippen molar-refractivity contribution in [2.24, 2.45) is 0 Å². The molecule has 0 bridgehead atoms. The summed E-state index contributed by atoms with van der Waals surface area (Å²) in [7, 11) is -3.56. The van der Waals surface area contributed by atoms with Crippen LogP contribution in [0.5, 0.6) is 0 Å². The number of sulfonamides is 1. The van der Waals surface area contributed by atoms with Gasteiger partial charge in [-0.05, 0) is 40.4 Å². The van der Waals surface area contributed by atoms with Gasteiger partial charge in [0.2, 0.25) is 10.0 Å². The molecule has 1 aromatic heterocycles. The van der Waals surface area contributed by atoms with E-state index < -0.39 is 10.0 Å². The van der Waals surface area contributed by atoms with E-state index in [1.165, 1.54) is 6.07 Å². The summed E-state index contributed by atoms with van der Waals surface area (Å²) < 4.78 is 26.8. The molecule has 0 atom stereocenters. The maximum absolute atomic E-state index is 12.1. The number of thiophene rings is 1. The first-order chi connectivity index (χ1) is 9.13. The second-order valence-corrected chi connectivity index (χ2v) is 6.56. The van der Waals surface area contributed by atoms with Crippen LogP contribution in [0.15, 0.2) is 46.0 Å². The van der Waals surface area contributed by atoms with Crippen LogP contribution in [0.1, 0.15) is 11.1 Å². The van der Waals surface area contributed by atoms with Gasteiger partial charge >= 0.3 is 0 Å². The van der Waals surface area contributed by atoms with Crippen LogP contribution in [0.2, 0.25) is 0 Å². The summed E-state index contributed by atoms with van der Waals surface area (Å²) in [5.74, 6) is 0. The standard InChI is InChI=1S/C13H15NO3S2/c15-9-12-3-1-2-4-13(12)19(16,17)14-7-5-11-6-8-18-10-11/h1-4,6,8,10,14-15H,5,7,9H2. The van der Waals surface area contributed by atoms with Gasteiger partial charge in [-0.1, -0.05) is 18.2 Å². The molecular formula is C13H15NO3S2. The number of hydrogen-bond acceptors (Lipinski definition) is 4. The molecule has 1 heterocycles. The first-order valence-electron chi connectivity index (χ1n) is 5.83. The third-order valence-electron chi connectivity index (χ3n) is 2.72.